The molecule has 0 aromatic carbocycles. The highest BCUT2D eigenvalue weighted by Gasteiger charge is 2.10. The summed E-state index contributed by atoms with van der Waals surface area (Å²) in [6.45, 7) is 0.607. The molecule has 2 N–H and O–H groups in total. The molecule has 110 valence electrons. The molecule has 0 saturated carbocycles. The lowest BCUT2D eigenvalue weighted by molar-refractivity contribution is -0.137. The highest BCUT2D eigenvalue weighted by Crippen LogP contribution is 2.13. The van der Waals surface area contributed by atoms with Gasteiger partial charge >= 0.3 is 12.0 Å². The van der Waals surface area contributed by atoms with Crippen LogP contribution in [0.5, 0.6) is 5.88 Å². The van der Waals surface area contributed by atoms with Crippen LogP contribution in [0.2, 0.25) is 0 Å². The Morgan fingerprint density at radius 1 is 1.50 bits per heavy atom. The van der Waals surface area contributed by atoms with Crippen LogP contribution in [-0.2, 0) is 11.2 Å². The number of hydrogen-bond acceptors (Lipinski definition) is 4. The Bertz CT molecular complexity index is 465. The summed E-state index contributed by atoms with van der Waals surface area (Å²) in [6.07, 6.45) is 2.16. The van der Waals surface area contributed by atoms with Gasteiger partial charge in [-0.3, -0.25) is 4.79 Å². The molecule has 1 aromatic rings. The van der Waals surface area contributed by atoms with Crippen LogP contribution in [0, 0.1) is 0 Å². The first-order chi connectivity index (χ1) is 9.54. The van der Waals surface area contributed by atoms with Crippen molar-refractivity contribution >= 4 is 12.0 Å². The van der Waals surface area contributed by atoms with Gasteiger partial charge in [0, 0.05) is 31.9 Å². The van der Waals surface area contributed by atoms with Crippen LogP contribution in [0.3, 0.4) is 0 Å². The van der Waals surface area contributed by atoms with Gasteiger partial charge in [0.05, 0.1) is 13.5 Å². The van der Waals surface area contributed by atoms with Crippen molar-refractivity contribution in [2.75, 3.05) is 27.2 Å². The van der Waals surface area contributed by atoms with E-state index in [-0.39, 0.29) is 19.0 Å². The van der Waals surface area contributed by atoms with Gasteiger partial charge in [0.15, 0.2) is 0 Å². The lowest BCUT2D eigenvalue weighted by atomic mass is 10.2. The van der Waals surface area contributed by atoms with Crippen LogP contribution in [0.1, 0.15) is 12.0 Å². The Morgan fingerprint density at radius 3 is 2.90 bits per heavy atom. The van der Waals surface area contributed by atoms with Crippen molar-refractivity contribution in [2.45, 2.75) is 12.8 Å². The maximum atomic E-state index is 11.7. The predicted octanol–water partition coefficient (Wildman–Crippen LogP) is 0.749. The fourth-order valence-electron chi connectivity index (χ4n) is 1.60. The molecule has 1 rings (SSSR count). The Kier molecular flexibility index (Phi) is 6.28. The van der Waals surface area contributed by atoms with Crippen LogP contribution in [0.4, 0.5) is 4.79 Å². The van der Waals surface area contributed by atoms with Crippen LogP contribution >= 0.6 is 0 Å². The fraction of sp³-hybridized carbons (Fsp3) is 0.462. The number of carbonyl (C=O) groups is 2. The van der Waals surface area contributed by atoms with Crippen molar-refractivity contribution < 1.29 is 19.4 Å². The molecule has 0 saturated heterocycles. The van der Waals surface area contributed by atoms with E-state index in [0.717, 1.165) is 5.56 Å². The monoisotopic (exact) mass is 281 g/mol. The van der Waals surface area contributed by atoms with Gasteiger partial charge in [-0.05, 0) is 12.5 Å². The number of ether oxygens (including phenoxy) is 1. The molecule has 0 aliphatic heterocycles. The molecule has 0 spiro atoms. The largest absolute Gasteiger partial charge is 0.481 e. The second-order valence-electron chi connectivity index (χ2n) is 4.22. The first kappa shape index (κ1) is 15.7. The number of aliphatic carboxylic acids is 1. The zero-order valence-corrected chi connectivity index (χ0v) is 11.6. The normalized spacial score (nSPS) is 9.90. The summed E-state index contributed by atoms with van der Waals surface area (Å²) < 4.78 is 5.12. The van der Waals surface area contributed by atoms with Gasteiger partial charge in [-0.1, -0.05) is 6.07 Å². The number of hydrogen-bond donors (Lipinski definition) is 2. The summed E-state index contributed by atoms with van der Waals surface area (Å²) in [4.78, 5) is 27.5. The number of nitrogens with zero attached hydrogens (tertiary/aromatic N) is 2. The predicted molar refractivity (Wildman–Crippen MR) is 72.8 cm³/mol. The van der Waals surface area contributed by atoms with E-state index in [0.29, 0.717) is 18.8 Å². The van der Waals surface area contributed by atoms with E-state index in [2.05, 4.69) is 10.3 Å². The lowest BCUT2D eigenvalue weighted by Crippen LogP contribution is -2.39. The molecule has 7 nitrogen and oxygen atoms in total. The lowest BCUT2D eigenvalue weighted by Gasteiger charge is -2.17. The van der Waals surface area contributed by atoms with E-state index < -0.39 is 5.97 Å². The van der Waals surface area contributed by atoms with Crippen molar-refractivity contribution in [1.82, 2.24) is 15.2 Å². The molecule has 20 heavy (non-hydrogen) atoms. The summed E-state index contributed by atoms with van der Waals surface area (Å²) in [5.74, 6) is -0.384. The Hall–Kier alpha value is -2.31. The molecular formula is C13H19N3O4. The van der Waals surface area contributed by atoms with Gasteiger partial charge in [0.2, 0.25) is 5.88 Å². The molecule has 7 heteroatoms. The Labute approximate surface area is 117 Å². The summed E-state index contributed by atoms with van der Waals surface area (Å²) in [7, 11) is 3.10. The van der Waals surface area contributed by atoms with Gasteiger partial charge in [-0.15, -0.1) is 0 Å². The number of methoxy groups -OCH3 is 1. The van der Waals surface area contributed by atoms with Crippen molar-refractivity contribution in [1.29, 1.82) is 0 Å². The van der Waals surface area contributed by atoms with E-state index in [4.69, 9.17) is 9.84 Å². The van der Waals surface area contributed by atoms with Gasteiger partial charge < -0.3 is 20.1 Å². The smallest absolute Gasteiger partial charge is 0.317 e. The second kappa shape index (κ2) is 7.98. The van der Waals surface area contributed by atoms with Crippen LogP contribution in [-0.4, -0.2) is 54.2 Å². The third-order valence-corrected chi connectivity index (χ3v) is 2.72. The minimum absolute atomic E-state index is 0.0691. The number of pyridine rings is 1. The topological polar surface area (TPSA) is 91.8 Å². The first-order valence-corrected chi connectivity index (χ1v) is 6.23. The maximum Gasteiger partial charge on any atom is 0.317 e. The van der Waals surface area contributed by atoms with E-state index in [1.165, 1.54) is 4.90 Å². The average Bonchev–Trinajstić information content (AvgIpc) is 2.45. The number of carboxylic acids is 1. The van der Waals surface area contributed by atoms with E-state index in [9.17, 15) is 9.59 Å². The van der Waals surface area contributed by atoms with E-state index >= 15 is 0 Å². The molecular weight excluding hydrogens is 262 g/mol. The number of nitrogens with one attached hydrogen (secondary N) is 1. The summed E-state index contributed by atoms with van der Waals surface area (Å²) in [6, 6.07) is 3.39. The Balaban J connectivity index is 2.36. The fourth-order valence-corrected chi connectivity index (χ4v) is 1.60. The molecule has 2 amide bonds. The van der Waals surface area contributed by atoms with Crippen molar-refractivity contribution in [3.8, 4) is 5.88 Å². The molecule has 0 aliphatic rings. The highest BCUT2D eigenvalue weighted by atomic mass is 16.5. The molecule has 0 radical (unpaired) electrons. The number of aromatic nitrogens is 1. The number of amides is 2. The zero-order valence-electron chi connectivity index (χ0n) is 11.6. The third-order valence-electron chi connectivity index (χ3n) is 2.72. The number of carboxylic acid groups (broad SMARTS) is 1. The first-order valence-electron chi connectivity index (χ1n) is 6.23. The minimum Gasteiger partial charge on any atom is -0.481 e. The maximum absolute atomic E-state index is 11.7. The molecule has 0 unspecified atom stereocenters. The molecule has 0 aliphatic carbocycles. The SMILES string of the molecule is COc1ncccc1CCNC(=O)N(C)CCC(=O)O. The third kappa shape index (κ3) is 5.13. The van der Waals surface area contributed by atoms with Crippen LogP contribution in [0.15, 0.2) is 18.3 Å². The van der Waals surface area contributed by atoms with Crippen LogP contribution < -0.4 is 10.1 Å². The van der Waals surface area contributed by atoms with Gasteiger partial charge in [0.1, 0.15) is 0 Å². The standard InChI is InChI=1S/C13H19N3O4/c1-16(9-6-11(17)18)13(19)15-8-5-10-4-3-7-14-12(10)20-2/h3-4,7H,5-6,8-9H2,1-2H3,(H,15,19)(H,17,18). The number of carbonyl (C=O) groups excluding carboxylic acids is 1. The highest BCUT2D eigenvalue weighted by molar-refractivity contribution is 5.75. The molecule has 1 heterocycles. The second-order valence-corrected chi connectivity index (χ2v) is 4.22. The van der Waals surface area contributed by atoms with E-state index in [1.54, 1.807) is 26.4 Å². The molecule has 0 bridgehead atoms. The number of rotatable bonds is 7. The molecule has 0 fully saturated rings. The van der Waals surface area contributed by atoms with Gasteiger partial charge in [-0.25, -0.2) is 9.78 Å². The number of urea groups is 1. The quantitative estimate of drug-likeness (QED) is 0.769. The molecule has 1 aromatic heterocycles. The van der Waals surface area contributed by atoms with Crippen molar-refractivity contribution in [2.24, 2.45) is 0 Å². The summed E-state index contributed by atoms with van der Waals surface area (Å²) >= 11 is 0. The Morgan fingerprint density at radius 2 is 2.25 bits per heavy atom. The van der Waals surface area contributed by atoms with Crippen molar-refractivity contribution in [3.63, 3.8) is 0 Å². The van der Waals surface area contributed by atoms with Gasteiger partial charge in [-0.2, -0.15) is 0 Å². The average molecular weight is 281 g/mol. The van der Waals surface area contributed by atoms with Crippen molar-refractivity contribution in [3.05, 3.63) is 23.9 Å². The zero-order chi connectivity index (χ0) is 15.0. The molecule has 0 atom stereocenters. The van der Waals surface area contributed by atoms with E-state index in [1.807, 2.05) is 6.07 Å². The van der Waals surface area contributed by atoms with Gasteiger partial charge in [0.25, 0.3) is 0 Å². The summed E-state index contributed by atoms with van der Waals surface area (Å²) in [5, 5.41) is 11.3. The summed E-state index contributed by atoms with van der Waals surface area (Å²) in [5.41, 5.74) is 0.906. The van der Waals surface area contributed by atoms with Crippen LogP contribution in [0.25, 0.3) is 0 Å². The minimum atomic E-state index is -0.926.